The van der Waals surface area contributed by atoms with Crippen molar-refractivity contribution in [3.8, 4) is 22.3 Å². The maximum atomic E-state index is 3.63. The van der Waals surface area contributed by atoms with Crippen molar-refractivity contribution >= 4 is 0 Å². The SMILES string of the molecule is C.CC.CC.CC.CC.Cc1cc[c-]c2c1-c1c([c-]ccc1C)C[N+]1(Cc3[c-]cccc3-c3ccc[c-]c3C1)C2.[Re].[Re].[Re].[Re]. The van der Waals surface area contributed by atoms with E-state index in [1.165, 1.54) is 55.6 Å². The van der Waals surface area contributed by atoms with E-state index in [4.69, 9.17) is 0 Å². The van der Waals surface area contributed by atoms with Crippen LogP contribution in [0.3, 0.4) is 0 Å². The third kappa shape index (κ3) is 11.3. The zero-order chi connectivity index (χ0) is 29.0. The van der Waals surface area contributed by atoms with Crippen LogP contribution in [0.2, 0.25) is 0 Å². The van der Waals surface area contributed by atoms with Crippen molar-refractivity contribution in [3.63, 3.8) is 0 Å². The fourth-order valence-electron chi connectivity index (χ4n) is 5.65. The van der Waals surface area contributed by atoms with Crippen LogP contribution in [-0.2, 0) is 108 Å². The molecule has 0 bridgehead atoms. The molecule has 1 nitrogen and oxygen atoms in total. The van der Waals surface area contributed by atoms with Crippen molar-refractivity contribution in [1.82, 2.24) is 0 Å². The molecule has 4 aromatic rings. The third-order valence-corrected chi connectivity index (χ3v) is 6.97. The molecule has 0 aromatic heterocycles. The summed E-state index contributed by atoms with van der Waals surface area (Å²) in [6.45, 7) is 24.2. The Balaban J connectivity index is -0.000000573. The van der Waals surface area contributed by atoms with Crippen LogP contribution in [0.25, 0.3) is 22.3 Å². The van der Waals surface area contributed by atoms with Gasteiger partial charge in [0, 0.05) is 81.7 Å². The fourth-order valence-corrected chi connectivity index (χ4v) is 5.65. The van der Waals surface area contributed by atoms with E-state index in [2.05, 4.69) is 98.8 Å². The van der Waals surface area contributed by atoms with Crippen LogP contribution in [0, 0.1) is 38.1 Å². The maximum Gasteiger partial charge on any atom is 0.0819 e. The van der Waals surface area contributed by atoms with E-state index in [1.54, 1.807) is 0 Å². The first-order valence-corrected chi connectivity index (χ1v) is 15.0. The molecule has 0 atom stereocenters. The largest absolute Gasteiger partial charge is 0.316 e. The van der Waals surface area contributed by atoms with Gasteiger partial charge in [-0.3, -0.25) is 0 Å². The quantitative estimate of drug-likeness (QED) is 0.122. The first kappa shape index (κ1) is 50.3. The molecule has 6 rings (SSSR count). The minimum Gasteiger partial charge on any atom is -0.316 e. The summed E-state index contributed by atoms with van der Waals surface area (Å²) in [6.07, 6.45) is 0. The Morgan fingerprint density at radius 3 is 1.09 bits per heavy atom. The third-order valence-electron chi connectivity index (χ3n) is 6.97. The molecule has 244 valence electrons. The second kappa shape index (κ2) is 25.6. The van der Waals surface area contributed by atoms with Gasteiger partial charge in [-0.1, -0.05) is 76.7 Å². The van der Waals surface area contributed by atoms with E-state index in [0.29, 0.717) is 0 Å². The summed E-state index contributed by atoms with van der Waals surface area (Å²) in [6, 6.07) is 35.8. The van der Waals surface area contributed by atoms with Gasteiger partial charge in [0.1, 0.15) is 0 Å². The summed E-state index contributed by atoms with van der Waals surface area (Å²) in [5.41, 5.74) is 13.2. The van der Waals surface area contributed by atoms with Gasteiger partial charge >= 0.3 is 0 Å². The summed E-state index contributed by atoms with van der Waals surface area (Å²) >= 11 is 0. The Labute approximate surface area is 326 Å². The average Bonchev–Trinajstić information content (AvgIpc) is 3.22. The van der Waals surface area contributed by atoms with Crippen LogP contribution in [0.4, 0.5) is 0 Å². The van der Waals surface area contributed by atoms with Gasteiger partial charge in [-0.2, -0.15) is 118 Å². The van der Waals surface area contributed by atoms with Crippen molar-refractivity contribution in [2.75, 3.05) is 0 Å². The molecule has 5 heteroatoms. The van der Waals surface area contributed by atoms with Crippen LogP contribution >= 0.6 is 0 Å². The molecule has 2 heterocycles. The molecule has 0 aliphatic carbocycles. The number of fused-ring (bicyclic) bond motifs is 6. The molecule has 4 aromatic carbocycles. The molecule has 2 aliphatic rings. The topological polar surface area (TPSA) is 0 Å². The molecule has 0 saturated heterocycles. The van der Waals surface area contributed by atoms with Crippen LogP contribution < -0.4 is 0 Å². The summed E-state index contributed by atoms with van der Waals surface area (Å²) in [4.78, 5) is 0. The summed E-state index contributed by atoms with van der Waals surface area (Å²) < 4.78 is 0.918. The Morgan fingerprint density at radius 1 is 0.455 bits per heavy atom. The van der Waals surface area contributed by atoms with Gasteiger partial charge in [-0.05, 0) is 0 Å². The van der Waals surface area contributed by atoms with Crippen LogP contribution in [0.1, 0.15) is 96.2 Å². The van der Waals surface area contributed by atoms with Crippen molar-refractivity contribution in [2.45, 2.75) is 103 Å². The van der Waals surface area contributed by atoms with E-state index >= 15 is 0 Å². The van der Waals surface area contributed by atoms with E-state index in [0.717, 1.165) is 30.7 Å². The van der Waals surface area contributed by atoms with E-state index in [9.17, 15) is 0 Å². The molecule has 44 heavy (non-hydrogen) atoms. The second-order valence-electron chi connectivity index (χ2n) is 9.13. The summed E-state index contributed by atoms with van der Waals surface area (Å²) in [5.74, 6) is 0. The van der Waals surface area contributed by atoms with Crippen LogP contribution in [0.15, 0.2) is 60.7 Å². The van der Waals surface area contributed by atoms with E-state index < -0.39 is 0 Å². The van der Waals surface area contributed by atoms with E-state index in [1.807, 2.05) is 55.4 Å². The number of quaternary nitrogens is 1. The standard InChI is InChI=1S/C30H24N.4C2H6.CH4.4Re/c1-21-9-7-13-25-19-31(20-26-14-8-10-22(2)30(26)29(21)25)17-23-11-3-5-15-27(23)28-16-6-4-12-24(28)18-31;4*1-2;;;;;/h3-10,15-16H,17-20H2,1-2H3;4*1-2H3;1H4;;;;/q-3;;;;;;;;;. The van der Waals surface area contributed by atoms with Gasteiger partial charge in [0.15, 0.2) is 0 Å². The number of nitrogens with zero attached hydrogens (tertiary/aromatic N) is 1. The Kier molecular flexibility index (Phi) is 29.3. The zero-order valence-electron chi connectivity index (χ0n) is 27.6. The maximum absolute atomic E-state index is 3.63. The van der Waals surface area contributed by atoms with Gasteiger partial charge in [0.25, 0.3) is 0 Å². The molecule has 0 saturated carbocycles. The van der Waals surface area contributed by atoms with Crippen molar-refractivity contribution in [2.24, 2.45) is 0 Å². The Morgan fingerprint density at radius 2 is 0.750 bits per heavy atom. The molecule has 0 unspecified atom stereocenters. The van der Waals surface area contributed by atoms with E-state index in [-0.39, 0.29) is 89.1 Å². The zero-order valence-corrected chi connectivity index (χ0v) is 38.4. The normalized spacial score (nSPS) is 11.7. The predicted octanol–water partition coefficient (Wildman–Crippen LogP) is 11.1. The molecular weight excluding hydrogens is 1230 g/mol. The number of benzene rings is 4. The molecule has 0 amide bonds. The van der Waals surface area contributed by atoms with Gasteiger partial charge in [0.05, 0.1) is 26.2 Å². The first-order chi connectivity index (χ1) is 19.1. The molecule has 0 fully saturated rings. The molecular formula is C39H52NRe4-3. The minimum absolute atomic E-state index is 0. The molecule has 1 spiro atoms. The predicted molar refractivity (Wildman–Crippen MR) is 176 cm³/mol. The smallest absolute Gasteiger partial charge is 0.0819 e. The number of aryl methyl sites for hydroxylation is 2. The first-order valence-electron chi connectivity index (χ1n) is 15.0. The fraction of sp³-hybridized carbons (Fsp3) is 0.385. The monoisotopic (exact) mass is 1280 g/mol. The van der Waals surface area contributed by atoms with Crippen LogP contribution in [-0.4, -0.2) is 4.48 Å². The number of rotatable bonds is 0. The Hall–Kier alpha value is -0.511. The van der Waals surface area contributed by atoms with Crippen LogP contribution in [0.5, 0.6) is 0 Å². The summed E-state index contributed by atoms with van der Waals surface area (Å²) in [7, 11) is 0. The van der Waals surface area contributed by atoms with Gasteiger partial charge < -0.3 is 4.48 Å². The average molecular weight is 1280 g/mol. The molecule has 2 aliphatic heterocycles. The summed E-state index contributed by atoms with van der Waals surface area (Å²) in [5, 5.41) is 0. The van der Waals surface area contributed by atoms with Gasteiger partial charge in [0.2, 0.25) is 0 Å². The number of hydrogen-bond donors (Lipinski definition) is 0. The number of hydrogen-bond acceptors (Lipinski definition) is 0. The molecule has 4 radical (unpaired) electrons. The second-order valence-corrected chi connectivity index (χ2v) is 9.13. The Bertz CT molecular complexity index is 1230. The minimum atomic E-state index is 0. The van der Waals surface area contributed by atoms with Gasteiger partial charge in [-0.25, -0.2) is 0 Å². The van der Waals surface area contributed by atoms with Gasteiger partial charge in [-0.15, -0.1) is 22.3 Å². The molecule has 0 N–H and O–H groups in total. The van der Waals surface area contributed by atoms with Crippen molar-refractivity contribution < 1.29 is 86.2 Å². The van der Waals surface area contributed by atoms with Crippen molar-refractivity contribution in [3.05, 3.63) is 118 Å². The van der Waals surface area contributed by atoms with Crippen molar-refractivity contribution in [1.29, 1.82) is 0 Å².